The van der Waals surface area contributed by atoms with E-state index in [1.165, 1.54) is 0 Å². The molecule has 5 amide bonds. The van der Waals surface area contributed by atoms with Gasteiger partial charge in [-0.3, -0.25) is 19.3 Å². The summed E-state index contributed by atoms with van der Waals surface area (Å²) in [6.07, 6.45) is 1.41. The maximum Gasteiger partial charge on any atom is 0.334 e. The van der Waals surface area contributed by atoms with Gasteiger partial charge in [-0.25, -0.2) is 9.69 Å². The van der Waals surface area contributed by atoms with Crippen LogP contribution in [0.2, 0.25) is 0 Å². The number of urea groups is 1. The molecule has 1 aliphatic heterocycles. The van der Waals surface area contributed by atoms with Crippen molar-refractivity contribution in [1.29, 1.82) is 0 Å². The molecule has 0 saturated carbocycles. The van der Waals surface area contributed by atoms with E-state index in [0.717, 1.165) is 22.4 Å². The number of nitrogens with zero attached hydrogens (tertiary/aromatic N) is 2. The molecule has 0 bridgehead atoms. The van der Waals surface area contributed by atoms with Crippen LogP contribution in [0.5, 0.6) is 0 Å². The first-order chi connectivity index (χ1) is 11.3. The zero-order chi connectivity index (χ0) is 17.9. The van der Waals surface area contributed by atoms with Gasteiger partial charge in [-0.15, -0.1) is 0 Å². The van der Waals surface area contributed by atoms with Crippen molar-refractivity contribution in [2.45, 2.75) is 33.6 Å². The summed E-state index contributed by atoms with van der Waals surface area (Å²) in [4.78, 5) is 49.7. The summed E-state index contributed by atoms with van der Waals surface area (Å²) in [6, 6.07) is 4.80. The van der Waals surface area contributed by atoms with Gasteiger partial charge in [0.2, 0.25) is 5.91 Å². The third-order valence-corrected chi connectivity index (χ3v) is 3.83. The minimum Gasteiger partial charge on any atom is -0.324 e. The number of hydrogen-bond acceptors (Lipinski definition) is 4. The minimum atomic E-state index is -0.952. The molecule has 7 heteroatoms. The van der Waals surface area contributed by atoms with Crippen molar-refractivity contribution in [3.63, 3.8) is 0 Å². The van der Waals surface area contributed by atoms with Crippen molar-refractivity contribution in [3.05, 3.63) is 29.3 Å². The molecule has 0 aliphatic carbocycles. The molecule has 1 aliphatic rings. The van der Waals surface area contributed by atoms with E-state index in [0.29, 0.717) is 17.0 Å². The lowest BCUT2D eigenvalue weighted by molar-refractivity contribution is -0.143. The summed E-state index contributed by atoms with van der Waals surface area (Å²) < 4.78 is 0. The fourth-order valence-corrected chi connectivity index (χ4v) is 2.49. The average molecular weight is 331 g/mol. The zero-order valence-corrected chi connectivity index (χ0v) is 14.1. The summed E-state index contributed by atoms with van der Waals surface area (Å²) in [7, 11) is 0. The standard InChI is InChI=1S/C17H21N3O4/c1-4-5-8-19-15(22)16(23)20(17(19)24)10-14(21)18-13-7-6-11(2)9-12(13)3/h6-7,9H,4-5,8,10H2,1-3H3,(H,18,21). The van der Waals surface area contributed by atoms with Crippen LogP contribution in [0.25, 0.3) is 0 Å². The third kappa shape index (κ3) is 3.61. The molecule has 1 saturated heterocycles. The highest BCUT2D eigenvalue weighted by Crippen LogP contribution is 2.17. The third-order valence-electron chi connectivity index (χ3n) is 3.83. The number of anilines is 1. The number of unbranched alkanes of at least 4 members (excludes halogenated alkanes) is 1. The Morgan fingerprint density at radius 1 is 1.08 bits per heavy atom. The van der Waals surface area contributed by atoms with Gasteiger partial charge in [0.25, 0.3) is 0 Å². The monoisotopic (exact) mass is 331 g/mol. The molecule has 2 rings (SSSR count). The molecule has 1 aromatic carbocycles. The number of rotatable bonds is 6. The second-order valence-electron chi connectivity index (χ2n) is 5.85. The number of amides is 5. The van der Waals surface area contributed by atoms with Crippen LogP contribution < -0.4 is 5.32 Å². The Hall–Kier alpha value is -2.70. The smallest absolute Gasteiger partial charge is 0.324 e. The maximum atomic E-state index is 12.2. The molecular weight excluding hydrogens is 310 g/mol. The predicted molar refractivity (Wildman–Crippen MR) is 88.3 cm³/mol. The van der Waals surface area contributed by atoms with Crippen LogP contribution in [0.3, 0.4) is 0 Å². The van der Waals surface area contributed by atoms with Crippen molar-refractivity contribution >= 4 is 29.4 Å². The van der Waals surface area contributed by atoms with Gasteiger partial charge in [0.05, 0.1) is 0 Å². The fraction of sp³-hybridized carbons (Fsp3) is 0.412. The van der Waals surface area contributed by atoms with Crippen LogP contribution in [0.15, 0.2) is 18.2 Å². The van der Waals surface area contributed by atoms with Gasteiger partial charge >= 0.3 is 17.8 Å². The van der Waals surface area contributed by atoms with E-state index >= 15 is 0 Å². The molecule has 1 heterocycles. The largest absolute Gasteiger partial charge is 0.334 e. The number of benzene rings is 1. The number of carbonyl (C=O) groups is 4. The molecule has 1 N–H and O–H groups in total. The average Bonchev–Trinajstić information content (AvgIpc) is 2.72. The highest BCUT2D eigenvalue weighted by molar-refractivity contribution is 6.45. The van der Waals surface area contributed by atoms with Crippen molar-refractivity contribution < 1.29 is 19.2 Å². The zero-order valence-electron chi connectivity index (χ0n) is 14.1. The van der Waals surface area contributed by atoms with E-state index in [-0.39, 0.29) is 6.54 Å². The lowest BCUT2D eigenvalue weighted by Crippen LogP contribution is -2.39. The van der Waals surface area contributed by atoms with Gasteiger partial charge in [0.1, 0.15) is 6.54 Å². The van der Waals surface area contributed by atoms with Crippen LogP contribution in [0, 0.1) is 13.8 Å². The lowest BCUT2D eigenvalue weighted by atomic mass is 10.1. The van der Waals surface area contributed by atoms with Gasteiger partial charge in [-0.1, -0.05) is 31.0 Å². The molecule has 0 radical (unpaired) electrons. The molecule has 7 nitrogen and oxygen atoms in total. The summed E-state index contributed by atoms with van der Waals surface area (Å²) in [5, 5.41) is 2.66. The minimum absolute atomic E-state index is 0.190. The van der Waals surface area contributed by atoms with Crippen LogP contribution in [0.1, 0.15) is 30.9 Å². The summed E-state index contributed by atoms with van der Waals surface area (Å²) >= 11 is 0. The lowest BCUT2D eigenvalue weighted by Gasteiger charge is -2.15. The van der Waals surface area contributed by atoms with Gasteiger partial charge in [0.15, 0.2) is 0 Å². The van der Waals surface area contributed by atoms with Crippen LogP contribution in [-0.2, 0) is 14.4 Å². The van der Waals surface area contributed by atoms with Gasteiger partial charge < -0.3 is 5.32 Å². The molecule has 0 unspecified atom stereocenters. The number of imide groups is 2. The van der Waals surface area contributed by atoms with Gasteiger partial charge in [-0.2, -0.15) is 0 Å². The molecular formula is C17H21N3O4. The first kappa shape index (κ1) is 17.7. The molecule has 0 spiro atoms. The highest BCUT2D eigenvalue weighted by atomic mass is 16.2. The Labute approximate surface area is 140 Å². The Balaban J connectivity index is 2.04. The second kappa shape index (κ2) is 7.25. The molecule has 0 aromatic heterocycles. The summed E-state index contributed by atoms with van der Waals surface area (Å²) in [5.41, 5.74) is 2.55. The first-order valence-corrected chi connectivity index (χ1v) is 7.89. The molecule has 1 fully saturated rings. The molecule has 128 valence electrons. The second-order valence-corrected chi connectivity index (χ2v) is 5.85. The van der Waals surface area contributed by atoms with Gasteiger partial charge in [-0.05, 0) is 31.9 Å². The molecule has 1 aromatic rings. The topological polar surface area (TPSA) is 86.8 Å². The van der Waals surface area contributed by atoms with Crippen molar-refractivity contribution in [2.24, 2.45) is 0 Å². The Kier molecular flexibility index (Phi) is 5.33. The SMILES string of the molecule is CCCCN1C(=O)C(=O)N(CC(=O)Nc2ccc(C)cc2C)C1=O. The Morgan fingerprint density at radius 3 is 2.38 bits per heavy atom. The van der Waals surface area contributed by atoms with E-state index in [4.69, 9.17) is 0 Å². The number of carbonyl (C=O) groups excluding carboxylic acids is 4. The number of nitrogens with one attached hydrogen (secondary N) is 1. The fourth-order valence-electron chi connectivity index (χ4n) is 2.49. The predicted octanol–water partition coefficient (Wildman–Crippen LogP) is 1.83. The number of aryl methyl sites for hydroxylation is 2. The number of hydrogen-bond donors (Lipinski definition) is 1. The van der Waals surface area contributed by atoms with E-state index in [1.807, 2.05) is 32.9 Å². The van der Waals surface area contributed by atoms with E-state index in [2.05, 4.69) is 5.32 Å². The van der Waals surface area contributed by atoms with Crippen molar-refractivity contribution in [1.82, 2.24) is 9.80 Å². The van der Waals surface area contributed by atoms with Crippen LogP contribution >= 0.6 is 0 Å². The van der Waals surface area contributed by atoms with Crippen molar-refractivity contribution in [2.75, 3.05) is 18.4 Å². The van der Waals surface area contributed by atoms with E-state index in [1.54, 1.807) is 6.07 Å². The molecule has 24 heavy (non-hydrogen) atoms. The summed E-state index contributed by atoms with van der Waals surface area (Å²) in [6.45, 7) is 5.43. The highest BCUT2D eigenvalue weighted by Gasteiger charge is 2.44. The quantitative estimate of drug-likeness (QED) is 0.636. The Bertz CT molecular complexity index is 699. The molecule has 0 atom stereocenters. The van der Waals surface area contributed by atoms with Crippen LogP contribution in [-0.4, -0.2) is 46.6 Å². The normalized spacial score (nSPS) is 14.5. The van der Waals surface area contributed by atoms with Crippen LogP contribution in [0.4, 0.5) is 10.5 Å². The maximum absolute atomic E-state index is 12.2. The van der Waals surface area contributed by atoms with Crippen molar-refractivity contribution in [3.8, 4) is 0 Å². The van der Waals surface area contributed by atoms with E-state index in [9.17, 15) is 19.2 Å². The van der Waals surface area contributed by atoms with Gasteiger partial charge in [0, 0.05) is 12.2 Å². The Morgan fingerprint density at radius 2 is 1.75 bits per heavy atom. The first-order valence-electron chi connectivity index (χ1n) is 7.89. The van der Waals surface area contributed by atoms with E-state index < -0.39 is 30.3 Å². The summed E-state index contributed by atoms with van der Waals surface area (Å²) in [5.74, 6) is -2.34.